The SMILES string of the molecule is C[B]c1cc(C)c(C#Cc2ccc(C#Cc3ccc(C)cc3F)cc2)c(C)c1. The molecule has 0 aliphatic rings. The van der Waals surface area contributed by atoms with Crippen LogP contribution in [0.25, 0.3) is 0 Å². The lowest BCUT2D eigenvalue weighted by molar-refractivity contribution is 0.623. The Kier molecular flexibility index (Phi) is 6.03. The Labute approximate surface area is 168 Å². The van der Waals surface area contributed by atoms with Gasteiger partial charge in [0.1, 0.15) is 13.1 Å². The highest BCUT2D eigenvalue weighted by atomic mass is 19.1. The minimum absolute atomic E-state index is 0.285. The summed E-state index contributed by atoms with van der Waals surface area (Å²) in [6.07, 6.45) is 0. The normalized spacial score (nSPS) is 9.75. The van der Waals surface area contributed by atoms with Crippen molar-refractivity contribution in [1.82, 2.24) is 0 Å². The van der Waals surface area contributed by atoms with E-state index in [1.807, 2.05) is 44.1 Å². The highest BCUT2D eigenvalue weighted by Crippen LogP contribution is 2.12. The van der Waals surface area contributed by atoms with Crippen molar-refractivity contribution < 1.29 is 4.39 Å². The van der Waals surface area contributed by atoms with Crippen LogP contribution in [0.1, 0.15) is 38.9 Å². The molecule has 0 unspecified atom stereocenters. The third kappa shape index (κ3) is 4.73. The van der Waals surface area contributed by atoms with Crippen LogP contribution in [0.15, 0.2) is 54.6 Å². The van der Waals surface area contributed by atoms with Crippen LogP contribution in [0.3, 0.4) is 0 Å². The van der Waals surface area contributed by atoms with Crippen molar-refractivity contribution in [3.8, 4) is 23.7 Å². The maximum Gasteiger partial charge on any atom is 0.148 e. The Balaban J connectivity index is 1.80. The summed E-state index contributed by atoms with van der Waals surface area (Å²) < 4.78 is 13.9. The quantitative estimate of drug-likeness (QED) is 0.425. The molecule has 135 valence electrons. The maximum atomic E-state index is 13.9. The van der Waals surface area contributed by atoms with E-state index in [-0.39, 0.29) is 5.82 Å². The van der Waals surface area contributed by atoms with E-state index in [9.17, 15) is 4.39 Å². The van der Waals surface area contributed by atoms with E-state index in [4.69, 9.17) is 0 Å². The van der Waals surface area contributed by atoms with Gasteiger partial charge < -0.3 is 0 Å². The Bertz CT molecular complexity index is 1110. The average molecular weight is 363 g/mol. The summed E-state index contributed by atoms with van der Waals surface area (Å²) in [4.78, 5) is 0. The summed E-state index contributed by atoms with van der Waals surface area (Å²) in [5.41, 5.74) is 7.72. The Morgan fingerprint density at radius 2 is 1.29 bits per heavy atom. The molecule has 0 bridgehead atoms. The predicted molar refractivity (Wildman–Crippen MR) is 117 cm³/mol. The van der Waals surface area contributed by atoms with E-state index < -0.39 is 0 Å². The van der Waals surface area contributed by atoms with Gasteiger partial charge >= 0.3 is 0 Å². The lowest BCUT2D eigenvalue weighted by atomic mass is 9.72. The molecule has 3 aromatic rings. The molecule has 0 spiro atoms. The molecule has 3 rings (SSSR count). The first kappa shape index (κ1) is 19.5. The van der Waals surface area contributed by atoms with Crippen LogP contribution in [-0.2, 0) is 0 Å². The summed E-state index contributed by atoms with van der Waals surface area (Å²) in [5, 5.41) is 0. The summed E-state index contributed by atoms with van der Waals surface area (Å²) in [5.74, 6) is 12.1. The van der Waals surface area contributed by atoms with E-state index in [2.05, 4.69) is 56.9 Å². The molecule has 0 nitrogen and oxygen atoms in total. The van der Waals surface area contributed by atoms with Crippen LogP contribution < -0.4 is 5.46 Å². The van der Waals surface area contributed by atoms with Crippen molar-refractivity contribution in [2.45, 2.75) is 27.6 Å². The fraction of sp³-hybridized carbons (Fsp3) is 0.154. The highest BCUT2D eigenvalue weighted by Gasteiger charge is 2.02. The standard InChI is InChI=1S/C26H21BF/c1-18-5-12-23(26(28)15-18)13-10-21-6-8-22(9-7-21)11-14-25-19(2)16-24(27-4)17-20(25)3/h5-9,12,15-17H,1-4H3. The van der Waals surface area contributed by atoms with E-state index in [1.54, 1.807) is 6.07 Å². The molecule has 2 heteroatoms. The summed E-state index contributed by atoms with van der Waals surface area (Å²) in [7, 11) is 2.10. The second-order valence-corrected chi connectivity index (χ2v) is 6.88. The zero-order valence-electron chi connectivity index (χ0n) is 16.7. The van der Waals surface area contributed by atoms with Gasteiger partial charge in [-0.2, -0.15) is 0 Å². The number of hydrogen-bond donors (Lipinski definition) is 0. The van der Waals surface area contributed by atoms with Crippen LogP contribution in [0.2, 0.25) is 6.82 Å². The van der Waals surface area contributed by atoms with Crippen LogP contribution in [0.4, 0.5) is 4.39 Å². The molecule has 0 aliphatic heterocycles. The van der Waals surface area contributed by atoms with Gasteiger partial charge in [0.2, 0.25) is 0 Å². The lowest BCUT2D eigenvalue weighted by Crippen LogP contribution is -2.12. The van der Waals surface area contributed by atoms with Gasteiger partial charge in [-0.15, -0.1) is 0 Å². The number of rotatable bonds is 1. The van der Waals surface area contributed by atoms with Crippen LogP contribution in [0.5, 0.6) is 0 Å². The highest BCUT2D eigenvalue weighted by molar-refractivity contribution is 6.52. The maximum absolute atomic E-state index is 13.9. The monoisotopic (exact) mass is 363 g/mol. The predicted octanol–water partition coefficient (Wildman–Crippen LogP) is 4.93. The minimum Gasteiger partial charge on any atom is -0.206 e. The fourth-order valence-electron chi connectivity index (χ4n) is 2.99. The number of aryl methyl sites for hydroxylation is 3. The average Bonchev–Trinajstić information content (AvgIpc) is 2.67. The second-order valence-electron chi connectivity index (χ2n) is 6.88. The molecule has 0 saturated carbocycles. The van der Waals surface area contributed by atoms with Gasteiger partial charge in [-0.25, -0.2) is 4.39 Å². The zero-order valence-corrected chi connectivity index (χ0v) is 16.7. The Morgan fingerprint density at radius 3 is 1.82 bits per heavy atom. The van der Waals surface area contributed by atoms with Gasteiger partial charge in [-0.05, 0) is 73.9 Å². The van der Waals surface area contributed by atoms with Crippen molar-refractivity contribution in [1.29, 1.82) is 0 Å². The summed E-state index contributed by atoms with van der Waals surface area (Å²) in [6.45, 7) is 8.08. The second kappa shape index (κ2) is 8.64. The fourth-order valence-corrected chi connectivity index (χ4v) is 2.99. The molecule has 0 N–H and O–H groups in total. The largest absolute Gasteiger partial charge is 0.206 e. The zero-order chi connectivity index (χ0) is 20.1. The minimum atomic E-state index is -0.285. The first-order chi connectivity index (χ1) is 13.5. The summed E-state index contributed by atoms with van der Waals surface area (Å²) >= 11 is 0. The van der Waals surface area contributed by atoms with E-state index in [0.717, 1.165) is 22.3 Å². The first-order valence-corrected chi connectivity index (χ1v) is 9.27. The van der Waals surface area contributed by atoms with Gasteiger partial charge in [0.25, 0.3) is 0 Å². The molecule has 1 radical (unpaired) electrons. The Hall–Kier alpha value is -3.23. The van der Waals surface area contributed by atoms with Crippen LogP contribution >= 0.6 is 0 Å². The topological polar surface area (TPSA) is 0 Å². The molecule has 0 heterocycles. The molecule has 28 heavy (non-hydrogen) atoms. The number of halogens is 1. The smallest absolute Gasteiger partial charge is 0.148 e. The molecular weight excluding hydrogens is 342 g/mol. The van der Waals surface area contributed by atoms with E-state index in [1.165, 1.54) is 22.7 Å². The van der Waals surface area contributed by atoms with Gasteiger partial charge in [-0.3, -0.25) is 0 Å². The van der Waals surface area contributed by atoms with Gasteiger partial charge in [0.15, 0.2) is 0 Å². The summed E-state index contributed by atoms with van der Waals surface area (Å²) in [6, 6.07) is 17.1. The number of hydrogen-bond acceptors (Lipinski definition) is 0. The first-order valence-electron chi connectivity index (χ1n) is 9.27. The molecule has 0 amide bonds. The molecule has 0 aromatic heterocycles. The van der Waals surface area contributed by atoms with Gasteiger partial charge in [-0.1, -0.05) is 54.2 Å². The van der Waals surface area contributed by atoms with Crippen molar-refractivity contribution in [3.63, 3.8) is 0 Å². The molecule has 0 saturated heterocycles. The molecule has 3 aromatic carbocycles. The van der Waals surface area contributed by atoms with Crippen molar-refractivity contribution in [3.05, 3.63) is 99.4 Å². The van der Waals surface area contributed by atoms with Crippen LogP contribution in [-0.4, -0.2) is 7.28 Å². The van der Waals surface area contributed by atoms with Crippen LogP contribution in [0, 0.1) is 50.3 Å². The number of benzene rings is 3. The van der Waals surface area contributed by atoms with E-state index in [0.29, 0.717) is 5.56 Å². The van der Waals surface area contributed by atoms with Crippen molar-refractivity contribution in [2.24, 2.45) is 0 Å². The van der Waals surface area contributed by atoms with E-state index >= 15 is 0 Å². The molecule has 0 atom stereocenters. The molecule has 0 fully saturated rings. The lowest BCUT2D eigenvalue weighted by Gasteiger charge is -2.06. The third-order valence-corrected chi connectivity index (χ3v) is 4.57. The van der Waals surface area contributed by atoms with Gasteiger partial charge in [0.05, 0.1) is 5.56 Å². The molecule has 0 aliphatic carbocycles. The molecular formula is C26H21BF. The van der Waals surface area contributed by atoms with Crippen molar-refractivity contribution >= 4 is 12.7 Å². The van der Waals surface area contributed by atoms with Crippen molar-refractivity contribution in [2.75, 3.05) is 0 Å². The van der Waals surface area contributed by atoms with Gasteiger partial charge in [0, 0.05) is 16.7 Å². The Morgan fingerprint density at radius 1 is 0.714 bits per heavy atom. The third-order valence-electron chi connectivity index (χ3n) is 4.57.